The van der Waals surface area contributed by atoms with Gasteiger partial charge in [-0.25, -0.2) is 4.79 Å². The van der Waals surface area contributed by atoms with Gasteiger partial charge in [-0.15, -0.1) is 0 Å². The zero-order chi connectivity index (χ0) is 13.8. The summed E-state index contributed by atoms with van der Waals surface area (Å²) in [6, 6.07) is 5.42. The number of amides is 1. The van der Waals surface area contributed by atoms with Gasteiger partial charge in [-0.3, -0.25) is 5.32 Å². The Morgan fingerprint density at radius 1 is 1.39 bits per heavy atom. The normalized spacial score (nSPS) is 10.9. The van der Waals surface area contributed by atoms with Crippen molar-refractivity contribution in [2.45, 2.75) is 33.3 Å². The second kappa shape index (κ2) is 6.09. The third-order valence-electron chi connectivity index (χ3n) is 1.88. The lowest BCUT2D eigenvalue weighted by atomic mass is 10.2. The van der Waals surface area contributed by atoms with Crippen LogP contribution in [0.3, 0.4) is 0 Å². The SMILES string of the molecule is CCOc1ccc(Br)cc1NC(=O)OC(C)(C)C. The Bertz CT molecular complexity index is 427. The van der Waals surface area contributed by atoms with Crippen molar-refractivity contribution in [2.24, 2.45) is 0 Å². The molecular weight excluding hydrogens is 298 g/mol. The minimum absolute atomic E-state index is 0.499. The maximum absolute atomic E-state index is 11.7. The quantitative estimate of drug-likeness (QED) is 0.909. The van der Waals surface area contributed by atoms with Crippen molar-refractivity contribution in [2.75, 3.05) is 11.9 Å². The van der Waals surface area contributed by atoms with Gasteiger partial charge >= 0.3 is 6.09 Å². The summed E-state index contributed by atoms with van der Waals surface area (Å²) in [5, 5.41) is 2.68. The fourth-order valence-electron chi connectivity index (χ4n) is 1.29. The molecule has 5 heteroatoms. The van der Waals surface area contributed by atoms with Gasteiger partial charge < -0.3 is 9.47 Å². The van der Waals surface area contributed by atoms with Gasteiger partial charge in [-0.2, -0.15) is 0 Å². The van der Waals surface area contributed by atoms with Crippen LogP contribution in [-0.4, -0.2) is 18.3 Å². The predicted octanol–water partition coefficient (Wildman–Crippen LogP) is 4.19. The minimum atomic E-state index is -0.526. The molecule has 1 aromatic carbocycles. The molecule has 1 N–H and O–H groups in total. The largest absolute Gasteiger partial charge is 0.492 e. The van der Waals surface area contributed by atoms with Gasteiger partial charge in [0.1, 0.15) is 11.4 Å². The number of nitrogens with one attached hydrogen (secondary N) is 1. The molecule has 4 nitrogen and oxygen atoms in total. The first-order chi connectivity index (χ1) is 8.31. The summed E-state index contributed by atoms with van der Waals surface area (Å²) in [5.74, 6) is 0.617. The number of rotatable bonds is 3. The Balaban J connectivity index is 2.82. The fraction of sp³-hybridized carbons (Fsp3) is 0.462. The van der Waals surface area contributed by atoms with E-state index in [0.29, 0.717) is 18.0 Å². The molecule has 0 aliphatic heterocycles. The molecule has 0 saturated carbocycles. The lowest BCUT2D eigenvalue weighted by molar-refractivity contribution is 0.0635. The topological polar surface area (TPSA) is 47.6 Å². The van der Waals surface area contributed by atoms with Gasteiger partial charge in [0.25, 0.3) is 0 Å². The molecule has 0 aromatic heterocycles. The van der Waals surface area contributed by atoms with Gasteiger partial charge in [0.2, 0.25) is 0 Å². The zero-order valence-electron chi connectivity index (χ0n) is 11.0. The number of anilines is 1. The number of ether oxygens (including phenoxy) is 2. The van der Waals surface area contributed by atoms with Crippen molar-refractivity contribution < 1.29 is 14.3 Å². The number of benzene rings is 1. The Kier molecular flexibility index (Phi) is 5.02. The van der Waals surface area contributed by atoms with Gasteiger partial charge in [0, 0.05) is 4.47 Å². The van der Waals surface area contributed by atoms with Crippen LogP contribution in [0.1, 0.15) is 27.7 Å². The first kappa shape index (κ1) is 14.8. The van der Waals surface area contributed by atoms with Crippen molar-refractivity contribution >= 4 is 27.7 Å². The number of carbonyl (C=O) groups excluding carboxylic acids is 1. The van der Waals surface area contributed by atoms with Crippen molar-refractivity contribution in [3.8, 4) is 5.75 Å². The number of halogens is 1. The standard InChI is InChI=1S/C13H18BrNO3/c1-5-17-11-7-6-9(14)8-10(11)15-12(16)18-13(2,3)4/h6-8H,5H2,1-4H3,(H,15,16). The van der Waals surface area contributed by atoms with E-state index in [0.717, 1.165) is 4.47 Å². The van der Waals surface area contributed by atoms with Crippen LogP contribution in [0.2, 0.25) is 0 Å². The smallest absolute Gasteiger partial charge is 0.412 e. The highest BCUT2D eigenvalue weighted by Crippen LogP contribution is 2.28. The van der Waals surface area contributed by atoms with E-state index in [1.807, 2.05) is 33.8 Å². The number of hydrogen-bond acceptors (Lipinski definition) is 3. The van der Waals surface area contributed by atoms with E-state index >= 15 is 0 Å². The molecule has 0 spiro atoms. The second-order valence-corrected chi connectivity index (χ2v) is 5.62. The Hall–Kier alpha value is -1.23. The maximum Gasteiger partial charge on any atom is 0.412 e. The van der Waals surface area contributed by atoms with E-state index in [2.05, 4.69) is 21.2 Å². The molecule has 0 heterocycles. The summed E-state index contributed by atoms with van der Waals surface area (Å²) >= 11 is 3.35. The lowest BCUT2D eigenvalue weighted by Gasteiger charge is -2.20. The summed E-state index contributed by atoms with van der Waals surface area (Å²) in [6.07, 6.45) is -0.499. The molecule has 100 valence electrons. The predicted molar refractivity (Wildman–Crippen MR) is 75.2 cm³/mol. The summed E-state index contributed by atoms with van der Waals surface area (Å²) in [4.78, 5) is 11.7. The van der Waals surface area contributed by atoms with Crippen molar-refractivity contribution in [1.82, 2.24) is 0 Å². The van der Waals surface area contributed by atoms with Gasteiger partial charge in [-0.1, -0.05) is 15.9 Å². The van der Waals surface area contributed by atoms with Gasteiger partial charge in [0.05, 0.1) is 12.3 Å². The van der Waals surface area contributed by atoms with Crippen LogP contribution in [0.4, 0.5) is 10.5 Å². The molecule has 0 fully saturated rings. The molecule has 0 saturated heterocycles. The Morgan fingerprint density at radius 2 is 2.06 bits per heavy atom. The molecule has 0 aliphatic carbocycles. The number of hydrogen-bond donors (Lipinski definition) is 1. The van der Waals surface area contributed by atoms with Gasteiger partial charge in [-0.05, 0) is 45.9 Å². The molecule has 0 unspecified atom stereocenters. The Labute approximate surface area is 116 Å². The summed E-state index contributed by atoms with van der Waals surface area (Å²) < 4.78 is 11.5. The molecule has 0 aliphatic rings. The lowest BCUT2D eigenvalue weighted by Crippen LogP contribution is -2.27. The highest BCUT2D eigenvalue weighted by Gasteiger charge is 2.17. The summed E-state index contributed by atoms with van der Waals surface area (Å²) in [6.45, 7) is 7.87. The molecule has 18 heavy (non-hydrogen) atoms. The second-order valence-electron chi connectivity index (χ2n) is 4.70. The maximum atomic E-state index is 11.7. The molecule has 1 aromatic rings. The molecule has 0 bridgehead atoms. The fourth-order valence-corrected chi connectivity index (χ4v) is 1.66. The molecule has 1 rings (SSSR count). The number of carbonyl (C=O) groups is 1. The minimum Gasteiger partial charge on any atom is -0.492 e. The third kappa shape index (κ3) is 4.96. The van der Waals surface area contributed by atoms with Crippen LogP contribution in [0.25, 0.3) is 0 Å². The zero-order valence-corrected chi connectivity index (χ0v) is 12.6. The first-order valence-electron chi connectivity index (χ1n) is 5.74. The van der Waals surface area contributed by atoms with Crippen molar-refractivity contribution in [1.29, 1.82) is 0 Å². The highest BCUT2D eigenvalue weighted by atomic mass is 79.9. The molecule has 0 atom stereocenters. The van der Waals surface area contributed by atoms with Crippen molar-refractivity contribution in [3.05, 3.63) is 22.7 Å². The van der Waals surface area contributed by atoms with E-state index in [9.17, 15) is 4.79 Å². The Morgan fingerprint density at radius 3 is 2.61 bits per heavy atom. The van der Waals surface area contributed by atoms with Crippen LogP contribution >= 0.6 is 15.9 Å². The van der Waals surface area contributed by atoms with E-state index < -0.39 is 11.7 Å². The third-order valence-corrected chi connectivity index (χ3v) is 2.37. The van der Waals surface area contributed by atoms with Crippen LogP contribution < -0.4 is 10.1 Å². The summed E-state index contributed by atoms with van der Waals surface area (Å²) in [7, 11) is 0. The first-order valence-corrected chi connectivity index (χ1v) is 6.53. The summed E-state index contributed by atoms with van der Waals surface area (Å²) in [5.41, 5.74) is 0.0579. The van der Waals surface area contributed by atoms with Gasteiger partial charge in [0.15, 0.2) is 0 Å². The average Bonchev–Trinajstić information content (AvgIpc) is 2.19. The van der Waals surface area contributed by atoms with Crippen molar-refractivity contribution in [3.63, 3.8) is 0 Å². The van der Waals surface area contributed by atoms with E-state index in [1.165, 1.54) is 0 Å². The van der Waals surface area contributed by atoms with Crippen LogP contribution in [-0.2, 0) is 4.74 Å². The van der Waals surface area contributed by atoms with Crippen LogP contribution in [0.5, 0.6) is 5.75 Å². The highest BCUT2D eigenvalue weighted by molar-refractivity contribution is 9.10. The average molecular weight is 316 g/mol. The molecule has 0 radical (unpaired) electrons. The molecule has 1 amide bonds. The van der Waals surface area contributed by atoms with Crippen LogP contribution in [0.15, 0.2) is 22.7 Å². The molecular formula is C13H18BrNO3. The van der Waals surface area contributed by atoms with E-state index in [4.69, 9.17) is 9.47 Å². The monoisotopic (exact) mass is 315 g/mol. The van der Waals surface area contributed by atoms with Crippen LogP contribution in [0, 0.1) is 0 Å². The van der Waals surface area contributed by atoms with E-state index in [1.54, 1.807) is 12.1 Å². The van der Waals surface area contributed by atoms with E-state index in [-0.39, 0.29) is 0 Å².